The summed E-state index contributed by atoms with van der Waals surface area (Å²) >= 11 is 0. The highest BCUT2D eigenvalue weighted by atomic mass is 16.2. The lowest BCUT2D eigenvalue weighted by molar-refractivity contribution is -0.122. The molecule has 0 spiro atoms. The number of nitrogens with zero attached hydrogens (tertiary/aromatic N) is 3. The van der Waals surface area contributed by atoms with Crippen LogP contribution < -0.4 is 16.0 Å². The molecule has 2 atom stereocenters. The number of rotatable bonds is 24. The van der Waals surface area contributed by atoms with E-state index in [9.17, 15) is 14.4 Å². The first kappa shape index (κ1) is 38.4. The molecule has 0 saturated carbocycles. The highest BCUT2D eigenvalue weighted by Gasteiger charge is 2.08. The molecule has 0 heterocycles. The van der Waals surface area contributed by atoms with E-state index in [1.807, 2.05) is 27.7 Å². The van der Waals surface area contributed by atoms with Crippen molar-refractivity contribution in [1.29, 1.82) is 0 Å². The Morgan fingerprint density at radius 2 is 1.02 bits per heavy atom. The maximum absolute atomic E-state index is 12.2. The second-order valence-electron chi connectivity index (χ2n) is 11.3. The zero-order valence-corrected chi connectivity index (χ0v) is 27.2. The lowest BCUT2D eigenvalue weighted by Crippen LogP contribution is -2.25. The minimum absolute atomic E-state index is 0.0107. The van der Waals surface area contributed by atoms with Gasteiger partial charge in [-0.05, 0) is 92.4 Å². The van der Waals surface area contributed by atoms with E-state index in [-0.39, 0.29) is 29.8 Å². The molecule has 3 N–H and O–H groups in total. The largest absolute Gasteiger partial charge is 0.356 e. The van der Waals surface area contributed by atoms with Crippen molar-refractivity contribution in [3.05, 3.63) is 0 Å². The van der Waals surface area contributed by atoms with Crippen LogP contribution in [0.1, 0.15) is 132 Å². The molecule has 0 rings (SSSR count). The molecule has 0 aromatic heterocycles. The van der Waals surface area contributed by atoms with Crippen LogP contribution in [0.2, 0.25) is 0 Å². The summed E-state index contributed by atoms with van der Waals surface area (Å²) in [6.07, 6.45) is 11.2. The molecule has 0 aliphatic heterocycles. The van der Waals surface area contributed by atoms with Crippen LogP contribution in [0.3, 0.4) is 0 Å². The van der Waals surface area contributed by atoms with E-state index in [1.54, 1.807) is 0 Å². The average Bonchev–Trinajstić information content (AvgIpc) is 2.91. The van der Waals surface area contributed by atoms with E-state index >= 15 is 0 Å². The van der Waals surface area contributed by atoms with E-state index in [0.29, 0.717) is 38.9 Å². The monoisotopic (exact) mass is 576 g/mol. The first-order valence-electron chi connectivity index (χ1n) is 15.9. The number of carbonyl (C=O) groups is 3. The molecule has 0 saturated heterocycles. The average molecular weight is 577 g/mol. The summed E-state index contributed by atoms with van der Waals surface area (Å²) in [6.45, 7) is 16.8. The third-order valence-electron chi connectivity index (χ3n) is 6.77. The number of amides is 3. The van der Waals surface area contributed by atoms with Crippen molar-refractivity contribution in [3.63, 3.8) is 0 Å². The molecule has 0 aromatic carbocycles. The Bertz CT molecular complexity index is 837. The van der Waals surface area contributed by atoms with Gasteiger partial charge >= 0.3 is 0 Å². The number of aliphatic imine (C=N–C) groups is 3. The second-order valence-corrected chi connectivity index (χ2v) is 11.3. The summed E-state index contributed by atoms with van der Waals surface area (Å²) in [4.78, 5) is 49.2. The van der Waals surface area contributed by atoms with Gasteiger partial charge in [-0.1, -0.05) is 19.8 Å². The van der Waals surface area contributed by atoms with Crippen molar-refractivity contribution in [2.45, 2.75) is 144 Å². The number of unbranched alkanes of at least 4 members (excludes halogenated alkanes) is 2. The molecule has 0 radical (unpaired) electrons. The fourth-order valence-corrected chi connectivity index (χ4v) is 4.33. The minimum Gasteiger partial charge on any atom is -0.356 e. The normalized spacial score (nSPS) is 14.0. The predicted molar refractivity (Wildman–Crippen MR) is 174 cm³/mol. The summed E-state index contributed by atoms with van der Waals surface area (Å²) in [6, 6.07) is 0.201. The Morgan fingerprint density at radius 3 is 1.46 bits per heavy atom. The zero-order valence-electron chi connectivity index (χ0n) is 27.2. The van der Waals surface area contributed by atoms with Crippen molar-refractivity contribution in [2.24, 2.45) is 15.0 Å². The molecule has 0 aliphatic rings. The Kier molecular flexibility index (Phi) is 23.6. The highest BCUT2D eigenvalue weighted by Crippen LogP contribution is 2.06. The zero-order chi connectivity index (χ0) is 30.9. The van der Waals surface area contributed by atoms with Crippen LogP contribution in [0.25, 0.3) is 0 Å². The van der Waals surface area contributed by atoms with E-state index < -0.39 is 0 Å². The first-order valence-corrected chi connectivity index (χ1v) is 15.9. The van der Waals surface area contributed by atoms with Crippen LogP contribution in [-0.4, -0.2) is 73.1 Å². The van der Waals surface area contributed by atoms with E-state index in [1.165, 1.54) is 25.5 Å². The third-order valence-corrected chi connectivity index (χ3v) is 6.77. The standard InChI is InChI=1S/C32H60N6O3/c1-8-9-10-21-33-25(2)14-11-23-35-31(40)19-17-29(6)38-27(4)16-13-24-36-32(41)20-18-28(5)37-26(3)15-12-22-34-30(7)39/h28-29H,8-24H2,1-7H3,(H,34,39)(H,35,40)(H,36,41). The maximum Gasteiger partial charge on any atom is 0.220 e. The van der Waals surface area contributed by atoms with Gasteiger partial charge in [-0.3, -0.25) is 29.4 Å². The summed E-state index contributed by atoms with van der Waals surface area (Å²) in [5.41, 5.74) is 3.28. The van der Waals surface area contributed by atoms with Gasteiger partial charge in [0.15, 0.2) is 0 Å². The Labute approximate surface area is 250 Å². The highest BCUT2D eigenvalue weighted by molar-refractivity contribution is 5.83. The van der Waals surface area contributed by atoms with Crippen LogP contribution in [0.4, 0.5) is 0 Å². The van der Waals surface area contributed by atoms with Gasteiger partial charge in [0.05, 0.1) is 0 Å². The minimum atomic E-state index is -0.0107. The SMILES string of the molecule is CCCCCN=C(C)CCCNC(=O)CCC(C)N=C(C)CCCNC(=O)CCC(C)N=C(C)CCCNC(C)=O. The van der Waals surface area contributed by atoms with Gasteiger partial charge in [0.25, 0.3) is 0 Å². The fourth-order valence-electron chi connectivity index (χ4n) is 4.33. The molecule has 41 heavy (non-hydrogen) atoms. The second kappa shape index (κ2) is 25.2. The lowest BCUT2D eigenvalue weighted by atomic mass is 10.1. The van der Waals surface area contributed by atoms with Crippen molar-refractivity contribution >= 4 is 34.9 Å². The number of hydrogen-bond donors (Lipinski definition) is 3. The van der Waals surface area contributed by atoms with Crippen LogP contribution in [0, 0.1) is 0 Å². The Hall–Kier alpha value is -2.58. The van der Waals surface area contributed by atoms with Crippen LogP contribution in [-0.2, 0) is 14.4 Å². The molecule has 0 bridgehead atoms. The first-order chi connectivity index (χ1) is 19.5. The Balaban J connectivity index is 3.97. The van der Waals surface area contributed by atoms with Gasteiger partial charge in [0.2, 0.25) is 17.7 Å². The number of nitrogens with one attached hydrogen (secondary N) is 3. The third kappa shape index (κ3) is 26.1. The van der Waals surface area contributed by atoms with Gasteiger partial charge in [0, 0.05) is 75.2 Å². The summed E-state index contributed by atoms with van der Waals surface area (Å²) < 4.78 is 0. The summed E-state index contributed by atoms with van der Waals surface area (Å²) in [5.74, 6) is 0.129. The van der Waals surface area contributed by atoms with Crippen molar-refractivity contribution in [3.8, 4) is 0 Å². The van der Waals surface area contributed by atoms with Crippen molar-refractivity contribution in [2.75, 3.05) is 26.2 Å². The Morgan fingerprint density at radius 1 is 0.585 bits per heavy atom. The summed E-state index contributed by atoms with van der Waals surface area (Å²) in [5, 5.41) is 8.80. The maximum atomic E-state index is 12.2. The van der Waals surface area contributed by atoms with Crippen molar-refractivity contribution < 1.29 is 14.4 Å². The molecule has 0 fully saturated rings. The molecule has 9 heteroatoms. The smallest absolute Gasteiger partial charge is 0.220 e. The van der Waals surface area contributed by atoms with Crippen molar-refractivity contribution in [1.82, 2.24) is 16.0 Å². The summed E-state index contributed by atoms with van der Waals surface area (Å²) in [7, 11) is 0. The number of hydrogen-bond acceptors (Lipinski definition) is 6. The van der Waals surface area contributed by atoms with E-state index in [4.69, 9.17) is 4.99 Å². The van der Waals surface area contributed by atoms with E-state index in [0.717, 1.165) is 69.3 Å². The molecule has 3 amide bonds. The quantitative estimate of drug-likeness (QED) is 0.102. The molecule has 236 valence electrons. The van der Waals surface area contributed by atoms with Gasteiger partial charge in [0.1, 0.15) is 0 Å². The van der Waals surface area contributed by atoms with Crippen LogP contribution in [0.15, 0.2) is 15.0 Å². The molecule has 0 aromatic rings. The molecule has 9 nitrogen and oxygen atoms in total. The van der Waals surface area contributed by atoms with Gasteiger partial charge in [-0.2, -0.15) is 0 Å². The number of carbonyl (C=O) groups excluding carboxylic acids is 3. The molecule has 2 unspecified atom stereocenters. The topological polar surface area (TPSA) is 124 Å². The molecule has 0 aliphatic carbocycles. The fraction of sp³-hybridized carbons (Fsp3) is 0.812. The van der Waals surface area contributed by atoms with E-state index in [2.05, 4.69) is 39.8 Å². The predicted octanol–water partition coefficient (Wildman–Crippen LogP) is 5.61. The lowest BCUT2D eigenvalue weighted by Gasteiger charge is -2.11. The molecular formula is C32H60N6O3. The molecular weight excluding hydrogens is 516 g/mol. The van der Waals surface area contributed by atoms with Gasteiger partial charge < -0.3 is 16.0 Å². The van der Waals surface area contributed by atoms with Gasteiger partial charge in [-0.15, -0.1) is 0 Å². The van der Waals surface area contributed by atoms with Gasteiger partial charge in [-0.25, -0.2) is 0 Å². The van der Waals surface area contributed by atoms with Crippen LogP contribution >= 0.6 is 0 Å². The van der Waals surface area contributed by atoms with Crippen LogP contribution in [0.5, 0.6) is 0 Å².